The van der Waals surface area contributed by atoms with Crippen molar-refractivity contribution in [2.75, 3.05) is 4.90 Å². The summed E-state index contributed by atoms with van der Waals surface area (Å²) >= 11 is 3.49. The molecule has 2 heterocycles. The monoisotopic (exact) mass is 312 g/mol. The molecule has 2 saturated heterocycles. The summed E-state index contributed by atoms with van der Waals surface area (Å²) in [7, 11) is 0. The lowest BCUT2D eigenvalue weighted by atomic mass is 9.81. The third kappa shape index (κ3) is 2.16. The van der Waals surface area contributed by atoms with Gasteiger partial charge in [0.1, 0.15) is 5.82 Å². The molecule has 2 N–H and O–H groups in total. The SMILES string of the molecule is NC1CC2CCCC(C1)N2c1ccc(F)cc1Br. The molecule has 2 atom stereocenters. The van der Waals surface area contributed by atoms with Crippen molar-refractivity contribution in [2.24, 2.45) is 5.73 Å². The van der Waals surface area contributed by atoms with E-state index in [2.05, 4.69) is 20.8 Å². The van der Waals surface area contributed by atoms with Gasteiger partial charge in [0, 0.05) is 22.6 Å². The molecule has 2 fully saturated rings. The molecule has 2 nitrogen and oxygen atoms in total. The van der Waals surface area contributed by atoms with E-state index in [-0.39, 0.29) is 5.82 Å². The molecular weight excluding hydrogens is 295 g/mol. The number of anilines is 1. The number of fused-ring (bicyclic) bond motifs is 2. The van der Waals surface area contributed by atoms with Crippen molar-refractivity contribution in [2.45, 2.75) is 50.2 Å². The molecule has 2 aliphatic heterocycles. The van der Waals surface area contributed by atoms with Gasteiger partial charge in [-0.15, -0.1) is 0 Å². The first-order chi connectivity index (χ1) is 8.65. The van der Waals surface area contributed by atoms with Gasteiger partial charge < -0.3 is 10.6 Å². The predicted octanol–water partition coefficient (Wildman–Crippen LogP) is 3.44. The Bertz CT molecular complexity index is 437. The second-order valence-corrected chi connectivity index (χ2v) is 6.33. The molecule has 0 saturated carbocycles. The molecule has 0 aliphatic carbocycles. The highest BCUT2D eigenvalue weighted by molar-refractivity contribution is 9.10. The normalized spacial score (nSPS) is 31.5. The quantitative estimate of drug-likeness (QED) is 0.860. The Morgan fingerprint density at radius 2 is 1.89 bits per heavy atom. The van der Waals surface area contributed by atoms with Gasteiger partial charge in [0.15, 0.2) is 0 Å². The summed E-state index contributed by atoms with van der Waals surface area (Å²) in [6.45, 7) is 0. The standard InChI is InChI=1S/C14H18BrFN2/c15-13-6-9(16)4-5-14(13)18-11-2-1-3-12(18)8-10(17)7-11/h4-6,10-12H,1-3,7-8,17H2. The van der Waals surface area contributed by atoms with Crippen LogP contribution in [-0.2, 0) is 0 Å². The van der Waals surface area contributed by atoms with E-state index in [1.54, 1.807) is 12.1 Å². The van der Waals surface area contributed by atoms with E-state index in [0.29, 0.717) is 18.1 Å². The number of piperidine rings is 2. The molecule has 2 unspecified atom stereocenters. The minimum atomic E-state index is -0.190. The molecule has 98 valence electrons. The lowest BCUT2D eigenvalue weighted by molar-refractivity contribution is 0.271. The third-order valence-electron chi connectivity index (χ3n) is 4.20. The minimum absolute atomic E-state index is 0.190. The predicted molar refractivity (Wildman–Crippen MR) is 75.2 cm³/mol. The van der Waals surface area contributed by atoms with Crippen molar-refractivity contribution in [1.29, 1.82) is 0 Å². The summed E-state index contributed by atoms with van der Waals surface area (Å²) < 4.78 is 14.1. The number of hydrogen-bond donors (Lipinski definition) is 1. The van der Waals surface area contributed by atoms with Gasteiger partial charge in [-0.3, -0.25) is 0 Å². The highest BCUT2D eigenvalue weighted by Gasteiger charge is 2.37. The van der Waals surface area contributed by atoms with Gasteiger partial charge in [-0.25, -0.2) is 4.39 Å². The Balaban J connectivity index is 1.95. The van der Waals surface area contributed by atoms with E-state index in [0.717, 1.165) is 23.0 Å². The lowest BCUT2D eigenvalue weighted by Crippen LogP contribution is -2.55. The molecule has 0 spiro atoms. The molecule has 3 rings (SSSR count). The molecular formula is C14H18BrFN2. The Morgan fingerprint density at radius 1 is 1.22 bits per heavy atom. The number of hydrogen-bond acceptors (Lipinski definition) is 2. The van der Waals surface area contributed by atoms with E-state index in [1.807, 2.05) is 6.07 Å². The summed E-state index contributed by atoms with van der Waals surface area (Å²) in [4.78, 5) is 2.47. The highest BCUT2D eigenvalue weighted by Crippen LogP contribution is 2.40. The van der Waals surface area contributed by atoms with Crippen molar-refractivity contribution in [3.8, 4) is 0 Å². The van der Waals surface area contributed by atoms with Gasteiger partial charge in [0.2, 0.25) is 0 Å². The Morgan fingerprint density at radius 3 is 2.50 bits per heavy atom. The van der Waals surface area contributed by atoms with Crippen LogP contribution < -0.4 is 10.6 Å². The van der Waals surface area contributed by atoms with Crippen LogP contribution in [0.5, 0.6) is 0 Å². The van der Waals surface area contributed by atoms with Crippen molar-refractivity contribution in [3.05, 3.63) is 28.5 Å². The first kappa shape index (κ1) is 12.4. The summed E-state index contributed by atoms with van der Waals surface area (Å²) in [6.07, 6.45) is 5.81. The zero-order valence-electron chi connectivity index (χ0n) is 10.3. The van der Waals surface area contributed by atoms with Crippen LogP contribution in [0.4, 0.5) is 10.1 Å². The lowest BCUT2D eigenvalue weighted by Gasteiger charge is -2.50. The molecule has 2 aliphatic rings. The average molecular weight is 313 g/mol. The van der Waals surface area contributed by atoms with Crippen LogP contribution in [0.25, 0.3) is 0 Å². The second kappa shape index (κ2) is 4.82. The molecule has 0 amide bonds. The fourth-order valence-electron chi connectivity index (χ4n) is 3.51. The first-order valence-electron chi connectivity index (χ1n) is 6.64. The zero-order valence-corrected chi connectivity index (χ0v) is 11.9. The second-order valence-electron chi connectivity index (χ2n) is 5.47. The largest absolute Gasteiger partial charge is 0.365 e. The van der Waals surface area contributed by atoms with Crippen LogP contribution >= 0.6 is 15.9 Å². The average Bonchev–Trinajstić information content (AvgIpc) is 2.28. The van der Waals surface area contributed by atoms with Gasteiger partial charge >= 0.3 is 0 Å². The van der Waals surface area contributed by atoms with Crippen LogP contribution in [0.3, 0.4) is 0 Å². The maximum Gasteiger partial charge on any atom is 0.124 e. The van der Waals surface area contributed by atoms with Gasteiger partial charge in [-0.1, -0.05) is 0 Å². The maximum atomic E-state index is 13.2. The van der Waals surface area contributed by atoms with Crippen LogP contribution in [-0.4, -0.2) is 18.1 Å². The Kier molecular flexibility index (Phi) is 3.32. The summed E-state index contributed by atoms with van der Waals surface area (Å²) in [5, 5.41) is 0. The summed E-state index contributed by atoms with van der Waals surface area (Å²) in [6, 6.07) is 6.37. The van der Waals surface area contributed by atoms with Crippen LogP contribution in [0.15, 0.2) is 22.7 Å². The van der Waals surface area contributed by atoms with Crippen LogP contribution in [0.2, 0.25) is 0 Å². The van der Waals surface area contributed by atoms with Crippen molar-refractivity contribution in [1.82, 2.24) is 0 Å². The fraction of sp³-hybridized carbons (Fsp3) is 0.571. The maximum absolute atomic E-state index is 13.2. The van der Waals surface area contributed by atoms with E-state index >= 15 is 0 Å². The highest BCUT2D eigenvalue weighted by atomic mass is 79.9. The van der Waals surface area contributed by atoms with Gasteiger partial charge in [0.25, 0.3) is 0 Å². The van der Waals surface area contributed by atoms with E-state index in [1.165, 1.54) is 19.3 Å². The smallest absolute Gasteiger partial charge is 0.124 e. The van der Waals surface area contributed by atoms with Crippen molar-refractivity contribution < 1.29 is 4.39 Å². The van der Waals surface area contributed by atoms with Crippen molar-refractivity contribution in [3.63, 3.8) is 0 Å². The molecule has 0 radical (unpaired) electrons. The summed E-state index contributed by atoms with van der Waals surface area (Å²) in [5.41, 5.74) is 7.25. The topological polar surface area (TPSA) is 29.3 Å². The first-order valence-corrected chi connectivity index (χ1v) is 7.43. The summed E-state index contributed by atoms with van der Waals surface area (Å²) in [5.74, 6) is -0.190. The van der Waals surface area contributed by atoms with Crippen molar-refractivity contribution >= 4 is 21.6 Å². The Labute approximate surface area is 115 Å². The van der Waals surface area contributed by atoms with E-state index < -0.39 is 0 Å². The van der Waals surface area contributed by atoms with E-state index in [4.69, 9.17) is 5.73 Å². The molecule has 2 bridgehead atoms. The molecule has 0 aromatic heterocycles. The Hall–Kier alpha value is -0.610. The molecule has 18 heavy (non-hydrogen) atoms. The number of halogens is 2. The minimum Gasteiger partial charge on any atom is -0.365 e. The van der Waals surface area contributed by atoms with Gasteiger partial charge in [0.05, 0.1) is 5.69 Å². The third-order valence-corrected chi connectivity index (χ3v) is 4.83. The van der Waals surface area contributed by atoms with Crippen LogP contribution in [0.1, 0.15) is 32.1 Å². The van der Waals surface area contributed by atoms with Crippen LogP contribution in [0, 0.1) is 5.82 Å². The molecule has 4 heteroatoms. The number of nitrogens with two attached hydrogens (primary N) is 1. The fourth-order valence-corrected chi connectivity index (χ4v) is 4.06. The molecule has 1 aromatic carbocycles. The van der Waals surface area contributed by atoms with E-state index in [9.17, 15) is 4.39 Å². The van der Waals surface area contributed by atoms with Gasteiger partial charge in [-0.05, 0) is 66.2 Å². The molecule has 1 aromatic rings. The zero-order chi connectivity index (χ0) is 12.7. The number of rotatable bonds is 1. The number of benzene rings is 1. The van der Waals surface area contributed by atoms with Gasteiger partial charge in [-0.2, -0.15) is 0 Å². The number of nitrogens with zero attached hydrogens (tertiary/aromatic N) is 1.